The van der Waals surface area contributed by atoms with E-state index in [4.69, 9.17) is 5.11 Å². The van der Waals surface area contributed by atoms with Crippen molar-refractivity contribution in [2.75, 3.05) is 0 Å². The number of alkyl halides is 3. The first-order valence-electron chi connectivity index (χ1n) is 8.40. The van der Waals surface area contributed by atoms with Crippen molar-refractivity contribution in [3.05, 3.63) is 64.6 Å². The quantitative estimate of drug-likeness (QED) is 0.380. The lowest BCUT2D eigenvalue weighted by molar-refractivity contribution is -0.274. The largest absolute Gasteiger partial charge is 0.573 e. The van der Waals surface area contributed by atoms with Crippen LogP contribution in [-0.2, 0) is 11.3 Å². The molecule has 0 aliphatic heterocycles. The van der Waals surface area contributed by atoms with Gasteiger partial charge in [-0.05, 0) is 49.2 Å². The minimum absolute atomic E-state index is 0.0232. The van der Waals surface area contributed by atoms with Crippen LogP contribution in [0.4, 0.5) is 17.6 Å². The van der Waals surface area contributed by atoms with Gasteiger partial charge in [-0.2, -0.15) is 0 Å². The minimum Gasteiger partial charge on any atom is -0.475 e. The Hall–Kier alpha value is -3.36. The number of carboxylic acids is 1. The van der Waals surface area contributed by atoms with Gasteiger partial charge in [-0.25, -0.2) is 9.18 Å². The van der Waals surface area contributed by atoms with Crippen molar-refractivity contribution in [3.8, 4) is 5.75 Å². The van der Waals surface area contributed by atoms with Crippen molar-refractivity contribution < 1.29 is 37.0 Å². The smallest absolute Gasteiger partial charge is 0.475 e. The van der Waals surface area contributed by atoms with Gasteiger partial charge in [0.2, 0.25) is 0 Å². The molecule has 3 rings (SSSR count). The van der Waals surface area contributed by atoms with E-state index in [1.54, 1.807) is 10.6 Å². The van der Waals surface area contributed by atoms with Crippen molar-refractivity contribution in [2.24, 2.45) is 0 Å². The second-order valence-electron chi connectivity index (χ2n) is 6.44. The monoisotopic (exact) mass is 409 g/mol. The van der Waals surface area contributed by atoms with Crippen LogP contribution in [0.15, 0.2) is 36.4 Å². The van der Waals surface area contributed by atoms with Crippen LogP contribution in [0.3, 0.4) is 0 Å². The Bertz CT molecular complexity index is 1130. The molecule has 2 aromatic carbocycles. The Morgan fingerprint density at radius 2 is 1.83 bits per heavy atom. The lowest BCUT2D eigenvalue weighted by atomic mass is 10.0. The summed E-state index contributed by atoms with van der Waals surface area (Å²) in [5.41, 5.74) is 1.05. The maximum absolute atomic E-state index is 14.1. The fraction of sp³-hybridized carbons (Fsp3) is 0.200. The van der Waals surface area contributed by atoms with E-state index in [2.05, 4.69) is 4.74 Å². The summed E-state index contributed by atoms with van der Waals surface area (Å²) in [5.74, 6) is -3.88. The van der Waals surface area contributed by atoms with Crippen LogP contribution < -0.4 is 4.74 Å². The van der Waals surface area contributed by atoms with Gasteiger partial charge in [0.05, 0.1) is 5.56 Å². The standard InChI is InChI=1S/C20H15F4NO4/c1-10-14(21)6-7-15-16(10)17(18(26)19(27)28)11(2)25(15)9-12-4-3-5-13(8-12)29-20(22,23)24/h3-8H,9H2,1-2H3,(H,27,28). The van der Waals surface area contributed by atoms with E-state index in [1.165, 1.54) is 38.1 Å². The molecular formula is C20H15F4NO4. The maximum atomic E-state index is 14.1. The molecule has 0 amide bonds. The highest BCUT2D eigenvalue weighted by Gasteiger charge is 2.31. The topological polar surface area (TPSA) is 68.5 Å². The summed E-state index contributed by atoms with van der Waals surface area (Å²) >= 11 is 0. The SMILES string of the molecule is Cc1c(F)ccc2c1c(C(=O)C(=O)O)c(C)n2Cc1cccc(OC(F)(F)F)c1. The Kier molecular flexibility index (Phi) is 5.08. The fourth-order valence-corrected chi connectivity index (χ4v) is 3.32. The molecule has 0 aliphatic rings. The van der Waals surface area contributed by atoms with Gasteiger partial charge in [-0.15, -0.1) is 13.2 Å². The zero-order chi connectivity index (χ0) is 21.5. The predicted molar refractivity (Wildman–Crippen MR) is 95.6 cm³/mol. The number of rotatable bonds is 5. The number of Topliss-reactive ketones (excluding diaryl/α,β-unsaturated/α-hetero) is 1. The van der Waals surface area contributed by atoms with Gasteiger partial charge < -0.3 is 14.4 Å². The summed E-state index contributed by atoms with van der Waals surface area (Å²) in [5, 5.41) is 9.31. The zero-order valence-corrected chi connectivity index (χ0v) is 15.3. The van der Waals surface area contributed by atoms with Crippen LogP contribution in [0.1, 0.15) is 27.2 Å². The number of hydrogen-bond acceptors (Lipinski definition) is 3. The van der Waals surface area contributed by atoms with E-state index >= 15 is 0 Å². The molecule has 0 aliphatic carbocycles. The first-order valence-corrected chi connectivity index (χ1v) is 8.40. The predicted octanol–water partition coefficient (Wildman–Crippen LogP) is 4.61. The molecule has 1 heterocycles. The van der Waals surface area contributed by atoms with Crippen molar-refractivity contribution >= 4 is 22.7 Å². The number of carboxylic acid groups (broad SMARTS) is 1. The molecule has 0 atom stereocenters. The number of nitrogens with zero attached hydrogens (tertiary/aromatic N) is 1. The van der Waals surface area contributed by atoms with Gasteiger partial charge in [0.1, 0.15) is 11.6 Å². The molecule has 5 nitrogen and oxygen atoms in total. The van der Waals surface area contributed by atoms with Gasteiger partial charge in [0.25, 0.3) is 5.78 Å². The van der Waals surface area contributed by atoms with Crippen molar-refractivity contribution in [2.45, 2.75) is 26.8 Å². The summed E-state index contributed by atoms with van der Waals surface area (Å²) in [7, 11) is 0. The number of aryl methyl sites for hydroxylation is 1. The van der Waals surface area contributed by atoms with Gasteiger partial charge in [0.15, 0.2) is 0 Å². The lowest BCUT2D eigenvalue weighted by Gasteiger charge is -2.12. The number of aromatic nitrogens is 1. The molecule has 1 aromatic heterocycles. The maximum Gasteiger partial charge on any atom is 0.573 e. The molecular weight excluding hydrogens is 394 g/mol. The first kappa shape index (κ1) is 20.4. The van der Waals surface area contributed by atoms with Crippen LogP contribution in [0.25, 0.3) is 10.9 Å². The van der Waals surface area contributed by atoms with Gasteiger partial charge >= 0.3 is 12.3 Å². The molecule has 0 spiro atoms. The molecule has 1 N–H and O–H groups in total. The third-order valence-electron chi connectivity index (χ3n) is 4.58. The number of ketones is 1. The molecule has 0 unspecified atom stereocenters. The zero-order valence-electron chi connectivity index (χ0n) is 15.3. The fourth-order valence-electron chi connectivity index (χ4n) is 3.32. The van der Waals surface area contributed by atoms with Crippen LogP contribution in [0.2, 0.25) is 0 Å². The summed E-state index contributed by atoms with van der Waals surface area (Å²) in [6, 6.07) is 7.87. The third kappa shape index (κ3) is 3.94. The van der Waals surface area contributed by atoms with E-state index in [9.17, 15) is 27.2 Å². The molecule has 29 heavy (non-hydrogen) atoms. The summed E-state index contributed by atoms with van der Waals surface area (Å²) < 4.78 is 57.0. The Morgan fingerprint density at radius 1 is 1.14 bits per heavy atom. The van der Waals surface area contributed by atoms with Crippen molar-refractivity contribution in [1.29, 1.82) is 0 Å². The van der Waals surface area contributed by atoms with E-state index in [0.29, 0.717) is 11.1 Å². The molecule has 152 valence electrons. The highest BCUT2D eigenvalue weighted by atomic mass is 19.4. The summed E-state index contributed by atoms with van der Waals surface area (Å²) in [4.78, 5) is 23.5. The highest BCUT2D eigenvalue weighted by Crippen LogP contribution is 2.32. The third-order valence-corrected chi connectivity index (χ3v) is 4.58. The minimum atomic E-state index is -4.84. The van der Waals surface area contributed by atoms with Gasteiger partial charge in [-0.1, -0.05) is 12.1 Å². The first-order chi connectivity index (χ1) is 13.5. The number of ether oxygens (including phenoxy) is 1. The van der Waals surface area contributed by atoms with E-state index in [-0.39, 0.29) is 28.8 Å². The average molecular weight is 409 g/mol. The molecule has 0 saturated carbocycles. The Balaban J connectivity index is 2.15. The summed E-state index contributed by atoms with van der Waals surface area (Å²) in [6.45, 7) is 2.96. The molecule has 0 saturated heterocycles. The molecule has 0 fully saturated rings. The second-order valence-corrected chi connectivity index (χ2v) is 6.44. The molecule has 9 heteroatoms. The number of halogens is 4. The highest BCUT2D eigenvalue weighted by molar-refractivity contribution is 6.42. The lowest BCUT2D eigenvalue weighted by Crippen LogP contribution is -2.17. The van der Waals surface area contributed by atoms with Gasteiger partial charge in [-0.3, -0.25) is 4.79 Å². The molecule has 0 radical (unpaired) electrons. The second kappa shape index (κ2) is 7.23. The number of hydrogen-bond donors (Lipinski definition) is 1. The molecule has 0 bridgehead atoms. The Morgan fingerprint density at radius 3 is 2.45 bits per heavy atom. The summed E-state index contributed by atoms with van der Waals surface area (Å²) in [6.07, 6.45) is -4.84. The van der Waals surface area contributed by atoms with Crippen molar-refractivity contribution in [3.63, 3.8) is 0 Å². The number of aliphatic carboxylic acids is 1. The van der Waals surface area contributed by atoms with Gasteiger partial charge in [0, 0.05) is 23.1 Å². The Labute approximate surface area is 162 Å². The average Bonchev–Trinajstić information content (AvgIpc) is 2.89. The van der Waals surface area contributed by atoms with Crippen molar-refractivity contribution in [1.82, 2.24) is 4.57 Å². The number of fused-ring (bicyclic) bond motifs is 1. The number of benzene rings is 2. The number of carbonyl (C=O) groups is 2. The van der Waals surface area contributed by atoms with E-state index < -0.39 is 29.7 Å². The van der Waals surface area contributed by atoms with Crippen LogP contribution in [0, 0.1) is 19.7 Å². The number of carbonyl (C=O) groups excluding carboxylic acids is 1. The van der Waals surface area contributed by atoms with Crippen LogP contribution >= 0.6 is 0 Å². The van der Waals surface area contributed by atoms with Crippen LogP contribution in [0.5, 0.6) is 5.75 Å². The van der Waals surface area contributed by atoms with Crippen LogP contribution in [-0.4, -0.2) is 27.8 Å². The molecule has 3 aromatic rings. The van der Waals surface area contributed by atoms with E-state index in [1.807, 2.05) is 0 Å². The van der Waals surface area contributed by atoms with E-state index in [0.717, 1.165) is 6.07 Å². The normalized spacial score (nSPS) is 11.7.